The molecular weight excluding hydrogens is 328 g/mol. The molecule has 1 saturated heterocycles. The first-order valence-corrected chi connectivity index (χ1v) is 7.86. The van der Waals surface area contributed by atoms with E-state index in [1.165, 1.54) is 32.4 Å². The Balaban J connectivity index is 2.14. The molecule has 0 radical (unpaired) electrons. The summed E-state index contributed by atoms with van der Waals surface area (Å²) in [6.45, 7) is 1.91. The third-order valence-corrected chi connectivity index (χ3v) is 3.93. The van der Waals surface area contributed by atoms with Crippen molar-refractivity contribution in [2.45, 2.75) is 6.42 Å². The van der Waals surface area contributed by atoms with Gasteiger partial charge in [-0.1, -0.05) is 0 Å². The lowest BCUT2D eigenvalue weighted by molar-refractivity contribution is 0.0599. The highest BCUT2D eigenvalue weighted by atomic mass is 16.5. The number of carbonyl (C=O) groups excluding carboxylic acids is 3. The first-order chi connectivity index (χ1) is 11.9. The molecule has 1 aromatic carbocycles. The molecule has 1 unspecified atom stereocenters. The number of ether oxygens (including phenoxy) is 3. The number of esters is 2. The molecule has 0 aliphatic carbocycles. The fourth-order valence-corrected chi connectivity index (χ4v) is 2.59. The Kier molecular flexibility index (Phi) is 6.35. The average molecular weight is 350 g/mol. The van der Waals surface area contributed by atoms with Gasteiger partial charge in [0, 0.05) is 31.8 Å². The molecule has 1 fully saturated rings. The normalized spacial score (nSPS) is 16.2. The number of nitrogens with zero attached hydrogens (tertiary/aromatic N) is 1. The lowest BCUT2D eigenvalue weighted by Gasteiger charge is -2.21. The zero-order chi connectivity index (χ0) is 18.4. The molecule has 8 nitrogen and oxygen atoms in total. The van der Waals surface area contributed by atoms with Crippen molar-refractivity contribution in [3.63, 3.8) is 0 Å². The SMILES string of the molecule is COC(=O)c1cc(NC(=O)N(C)CC2CCOC2)cc(C(=O)OC)c1. The summed E-state index contributed by atoms with van der Waals surface area (Å²) in [4.78, 5) is 37.4. The van der Waals surface area contributed by atoms with Crippen LogP contribution in [-0.4, -0.2) is 63.9 Å². The van der Waals surface area contributed by atoms with E-state index in [9.17, 15) is 14.4 Å². The van der Waals surface area contributed by atoms with Gasteiger partial charge in [0.25, 0.3) is 0 Å². The fraction of sp³-hybridized carbons (Fsp3) is 0.471. The molecule has 1 atom stereocenters. The third-order valence-electron chi connectivity index (χ3n) is 3.93. The monoisotopic (exact) mass is 350 g/mol. The summed E-state index contributed by atoms with van der Waals surface area (Å²) in [5.41, 5.74) is 0.600. The van der Waals surface area contributed by atoms with E-state index in [1.54, 1.807) is 11.9 Å². The molecule has 2 amide bonds. The van der Waals surface area contributed by atoms with E-state index in [1.807, 2.05) is 0 Å². The molecule has 1 aliphatic rings. The summed E-state index contributed by atoms with van der Waals surface area (Å²) in [5.74, 6) is -0.918. The highest BCUT2D eigenvalue weighted by Crippen LogP contribution is 2.18. The summed E-state index contributed by atoms with van der Waals surface area (Å²) in [6, 6.07) is 3.91. The van der Waals surface area contributed by atoms with Crippen LogP contribution >= 0.6 is 0 Å². The molecule has 0 spiro atoms. The molecule has 1 aromatic rings. The summed E-state index contributed by atoms with van der Waals surface area (Å²) >= 11 is 0. The number of rotatable bonds is 5. The zero-order valence-corrected chi connectivity index (χ0v) is 14.5. The van der Waals surface area contributed by atoms with E-state index in [-0.39, 0.29) is 17.2 Å². The van der Waals surface area contributed by atoms with Crippen LogP contribution < -0.4 is 5.32 Å². The fourth-order valence-electron chi connectivity index (χ4n) is 2.59. The zero-order valence-electron chi connectivity index (χ0n) is 14.5. The molecule has 1 aliphatic heterocycles. The van der Waals surface area contributed by atoms with Crippen LogP contribution in [0.1, 0.15) is 27.1 Å². The van der Waals surface area contributed by atoms with E-state index >= 15 is 0 Å². The maximum Gasteiger partial charge on any atom is 0.337 e. The molecule has 0 bridgehead atoms. The van der Waals surface area contributed by atoms with Crippen molar-refractivity contribution >= 4 is 23.7 Å². The predicted octanol–water partition coefficient (Wildman–Crippen LogP) is 1.76. The smallest absolute Gasteiger partial charge is 0.337 e. The van der Waals surface area contributed by atoms with Crippen LogP contribution in [-0.2, 0) is 14.2 Å². The highest BCUT2D eigenvalue weighted by molar-refractivity contribution is 5.99. The van der Waals surface area contributed by atoms with Crippen LogP contribution in [0.4, 0.5) is 10.5 Å². The number of anilines is 1. The molecule has 0 saturated carbocycles. The van der Waals surface area contributed by atoms with Crippen molar-refractivity contribution < 1.29 is 28.6 Å². The molecule has 0 aromatic heterocycles. The minimum atomic E-state index is -0.613. The number of nitrogens with one attached hydrogen (secondary N) is 1. The Morgan fingerprint density at radius 2 is 1.76 bits per heavy atom. The largest absolute Gasteiger partial charge is 0.465 e. The second-order valence-corrected chi connectivity index (χ2v) is 5.82. The van der Waals surface area contributed by atoms with E-state index < -0.39 is 11.9 Å². The molecular formula is C17H22N2O6. The molecule has 1 heterocycles. The van der Waals surface area contributed by atoms with Crippen LogP contribution in [0.25, 0.3) is 0 Å². The first kappa shape index (κ1) is 18.7. The summed E-state index contributed by atoms with van der Waals surface area (Å²) in [5, 5.41) is 2.68. The molecule has 25 heavy (non-hydrogen) atoms. The number of amides is 2. The number of hydrogen-bond donors (Lipinski definition) is 1. The maximum absolute atomic E-state index is 12.3. The van der Waals surface area contributed by atoms with E-state index in [4.69, 9.17) is 4.74 Å². The van der Waals surface area contributed by atoms with Crippen LogP contribution in [0, 0.1) is 5.92 Å². The van der Waals surface area contributed by atoms with E-state index in [0.29, 0.717) is 31.4 Å². The Morgan fingerprint density at radius 3 is 2.24 bits per heavy atom. The summed E-state index contributed by atoms with van der Waals surface area (Å²) in [7, 11) is 4.16. The summed E-state index contributed by atoms with van der Waals surface area (Å²) in [6.07, 6.45) is 0.919. The minimum absolute atomic E-state index is 0.146. The molecule has 2 rings (SSSR count). The van der Waals surface area contributed by atoms with Gasteiger partial charge >= 0.3 is 18.0 Å². The Labute approximate surface area is 146 Å². The van der Waals surface area contributed by atoms with E-state index in [2.05, 4.69) is 14.8 Å². The Bertz CT molecular complexity index is 620. The lowest BCUT2D eigenvalue weighted by atomic mass is 10.1. The highest BCUT2D eigenvalue weighted by Gasteiger charge is 2.21. The van der Waals surface area contributed by atoms with Crippen molar-refractivity contribution in [1.29, 1.82) is 0 Å². The van der Waals surface area contributed by atoms with Gasteiger partial charge < -0.3 is 24.4 Å². The quantitative estimate of drug-likeness (QED) is 0.813. The van der Waals surface area contributed by atoms with Crippen LogP contribution in [0.5, 0.6) is 0 Å². The van der Waals surface area contributed by atoms with Gasteiger partial charge in [0.15, 0.2) is 0 Å². The third kappa shape index (κ3) is 4.93. The Morgan fingerprint density at radius 1 is 1.16 bits per heavy atom. The van der Waals surface area contributed by atoms with Gasteiger partial charge in [-0.2, -0.15) is 0 Å². The molecule has 1 N–H and O–H groups in total. The van der Waals surface area contributed by atoms with Crippen molar-refractivity contribution in [3.05, 3.63) is 29.3 Å². The lowest BCUT2D eigenvalue weighted by Crippen LogP contribution is -2.35. The molecule has 8 heteroatoms. The number of carbonyl (C=O) groups is 3. The van der Waals surface area contributed by atoms with Gasteiger partial charge in [0.2, 0.25) is 0 Å². The topological polar surface area (TPSA) is 94.2 Å². The maximum atomic E-state index is 12.3. The minimum Gasteiger partial charge on any atom is -0.465 e. The van der Waals surface area contributed by atoms with Crippen molar-refractivity contribution in [2.75, 3.05) is 46.3 Å². The standard InChI is InChI=1S/C17H22N2O6/c1-19(9-11-4-5-25-10-11)17(22)18-14-7-12(15(20)23-2)6-13(8-14)16(21)24-3/h6-8,11H,4-5,9-10H2,1-3H3,(H,18,22). The van der Waals surface area contributed by atoms with Gasteiger partial charge in [-0.3, -0.25) is 0 Å². The summed E-state index contributed by atoms with van der Waals surface area (Å²) < 4.78 is 14.6. The van der Waals surface area contributed by atoms with Gasteiger partial charge in [0.1, 0.15) is 0 Å². The predicted molar refractivity (Wildman–Crippen MR) is 89.7 cm³/mol. The van der Waals surface area contributed by atoms with Gasteiger partial charge in [-0.05, 0) is 24.6 Å². The van der Waals surface area contributed by atoms with Gasteiger partial charge in [-0.15, -0.1) is 0 Å². The van der Waals surface area contributed by atoms with Crippen LogP contribution in [0.2, 0.25) is 0 Å². The number of benzene rings is 1. The second kappa shape index (κ2) is 8.48. The van der Waals surface area contributed by atoms with Crippen molar-refractivity contribution in [1.82, 2.24) is 4.90 Å². The van der Waals surface area contributed by atoms with Crippen LogP contribution in [0.15, 0.2) is 18.2 Å². The first-order valence-electron chi connectivity index (χ1n) is 7.86. The van der Waals surface area contributed by atoms with Gasteiger partial charge in [-0.25, -0.2) is 14.4 Å². The van der Waals surface area contributed by atoms with Crippen molar-refractivity contribution in [2.24, 2.45) is 5.92 Å². The second-order valence-electron chi connectivity index (χ2n) is 5.82. The molecule has 136 valence electrons. The van der Waals surface area contributed by atoms with Crippen molar-refractivity contribution in [3.8, 4) is 0 Å². The van der Waals surface area contributed by atoms with E-state index in [0.717, 1.165) is 6.42 Å². The number of methoxy groups -OCH3 is 2. The number of urea groups is 1. The Hall–Kier alpha value is -2.61. The van der Waals surface area contributed by atoms with Gasteiger partial charge in [0.05, 0.1) is 32.0 Å². The average Bonchev–Trinajstić information content (AvgIpc) is 3.12. The van der Waals surface area contributed by atoms with Crippen LogP contribution in [0.3, 0.4) is 0 Å². The number of hydrogen-bond acceptors (Lipinski definition) is 6.